The molecule has 1 aromatic carbocycles. The highest BCUT2D eigenvalue weighted by Crippen LogP contribution is 2.28. The molecule has 0 saturated heterocycles. The maximum absolute atomic E-state index is 11.4. The molecule has 0 aliphatic carbocycles. The molecule has 20 heavy (non-hydrogen) atoms. The Morgan fingerprint density at radius 1 is 1.40 bits per heavy atom. The summed E-state index contributed by atoms with van der Waals surface area (Å²) in [5, 5.41) is 2.53. The van der Waals surface area contributed by atoms with Crippen LogP contribution in [0, 0.1) is 12.3 Å². The summed E-state index contributed by atoms with van der Waals surface area (Å²) in [6.45, 7) is 3.07. The lowest BCUT2D eigenvalue weighted by molar-refractivity contribution is -0.122. The molecule has 1 amide bonds. The number of benzene rings is 1. The van der Waals surface area contributed by atoms with Crippen molar-refractivity contribution in [1.82, 2.24) is 5.32 Å². The summed E-state index contributed by atoms with van der Waals surface area (Å²) in [5.41, 5.74) is 6.60. The standard InChI is InChI=1S/C15H20N2O3/c1-3-9-17-15(18)11-20-13-6-5-12(7-8-16)10-14(13)19-4-2/h1,5-6,10H,4,7-9,11,16H2,2H3,(H,17,18). The van der Waals surface area contributed by atoms with E-state index in [0.29, 0.717) is 24.7 Å². The summed E-state index contributed by atoms with van der Waals surface area (Å²) in [7, 11) is 0. The summed E-state index contributed by atoms with van der Waals surface area (Å²) < 4.78 is 11.0. The average molecular weight is 276 g/mol. The SMILES string of the molecule is C#CCNC(=O)COc1ccc(CCN)cc1OCC. The van der Waals surface area contributed by atoms with Crippen LogP contribution in [0.5, 0.6) is 11.5 Å². The van der Waals surface area contributed by atoms with Crippen molar-refractivity contribution >= 4 is 5.91 Å². The first-order chi connectivity index (χ1) is 9.71. The van der Waals surface area contributed by atoms with Crippen molar-refractivity contribution in [2.75, 3.05) is 26.3 Å². The minimum atomic E-state index is -0.267. The monoisotopic (exact) mass is 276 g/mol. The fourth-order valence-corrected chi connectivity index (χ4v) is 1.61. The number of hydrogen-bond acceptors (Lipinski definition) is 4. The van der Waals surface area contributed by atoms with Crippen molar-refractivity contribution in [3.05, 3.63) is 23.8 Å². The topological polar surface area (TPSA) is 73.6 Å². The first kappa shape index (κ1) is 15.9. The van der Waals surface area contributed by atoms with Crippen molar-refractivity contribution < 1.29 is 14.3 Å². The number of terminal acetylenes is 1. The molecule has 5 nitrogen and oxygen atoms in total. The lowest BCUT2D eigenvalue weighted by atomic mass is 10.1. The predicted molar refractivity (Wildman–Crippen MR) is 77.7 cm³/mol. The highest BCUT2D eigenvalue weighted by atomic mass is 16.5. The maximum Gasteiger partial charge on any atom is 0.258 e. The van der Waals surface area contributed by atoms with E-state index in [4.69, 9.17) is 21.6 Å². The van der Waals surface area contributed by atoms with Gasteiger partial charge in [0.15, 0.2) is 18.1 Å². The predicted octanol–water partition coefficient (Wildman–Crippen LogP) is 0.715. The second-order valence-electron chi connectivity index (χ2n) is 4.02. The Kier molecular flexibility index (Phi) is 7.01. The molecule has 0 unspecified atom stereocenters. The van der Waals surface area contributed by atoms with Crippen LogP contribution in [0.25, 0.3) is 0 Å². The Hall–Kier alpha value is -2.19. The van der Waals surface area contributed by atoms with Crippen LogP contribution in [0.15, 0.2) is 18.2 Å². The molecule has 0 radical (unpaired) electrons. The van der Waals surface area contributed by atoms with Gasteiger partial charge in [0.05, 0.1) is 13.2 Å². The molecule has 1 aromatic rings. The molecule has 0 saturated carbocycles. The third kappa shape index (κ3) is 5.21. The quantitative estimate of drug-likeness (QED) is 0.686. The van der Waals surface area contributed by atoms with E-state index >= 15 is 0 Å². The molecule has 0 spiro atoms. The van der Waals surface area contributed by atoms with Crippen LogP contribution in [0.4, 0.5) is 0 Å². The first-order valence-corrected chi connectivity index (χ1v) is 6.50. The molecule has 5 heteroatoms. The summed E-state index contributed by atoms with van der Waals surface area (Å²) >= 11 is 0. The van der Waals surface area contributed by atoms with E-state index in [1.807, 2.05) is 19.1 Å². The van der Waals surface area contributed by atoms with Crippen LogP contribution < -0.4 is 20.5 Å². The number of nitrogens with two attached hydrogens (primary N) is 1. The maximum atomic E-state index is 11.4. The van der Waals surface area contributed by atoms with E-state index in [2.05, 4.69) is 11.2 Å². The second-order valence-corrected chi connectivity index (χ2v) is 4.02. The largest absolute Gasteiger partial charge is 0.490 e. The summed E-state index contributed by atoms with van der Waals surface area (Å²) in [6.07, 6.45) is 5.82. The van der Waals surface area contributed by atoms with Crippen LogP contribution >= 0.6 is 0 Å². The average Bonchev–Trinajstić information content (AvgIpc) is 2.45. The van der Waals surface area contributed by atoms with Gasteiger partial charge in [0, 0.05) is 0 Å². The molecule has 0 aliphatic heterocycles. The Labute approximate surface area is 119 Å². The lowest BCUT2D eigenvalue weighted by Gasteiger charge is -2.13. The molecule has 0 fully saturated rings. The van der Waals surface area contributed by atoms with Crippen molar-refractivity contribution in [2.45, 2.75) is 13.3 Å². The van der Waals surface area contributed by atoms with Gasteiger partial charge in [-0.1, -0.05) is 12.0 Å². The molecular weight excluding hydrogens is 256 g/mol. The Bertz CT molecular complexity index is 480. The Balaban J connectivity index is 2.68. The van der Waals surface area contributed by atoms with Gasteiger partial charge in [-0.2, -0.15) is 0 Å². The molecule has 0 heterocycles. The van der Waals surface area contributed by atoms with Crippen molar-refractivity contribution in [3.8, 4) is 23.8 Å². The number of ether oxygens (including phenoxy) is 2. The van der Waals surface area contributed by atoms with Crippen LogP contribution in [0.2, 0.25) is 0 Å². The van der Waals surface area contributed by atoms with Gasteiger partial charge in [0.1, 0.15) is 0 Å². The minimum Gasteiger partial charge on any atom is -0.490 e. The van der Waals surface area contributed by atoms with Gasteiger partial charge in [0.25, 0.3) is 5.91 Å². The number of amides is 1. The second kappa shape index (κ2) is 8.83. The highest BCUT2D eigenvalue weighted by molar-refractivity contribution is 5.77. The van der Waals surface area contributed by atoms with Gasteiger partial charge in [-0.25, -0.2) is 0 Å². The molecule has 1 rings (SSSR count). The van der Waals surface area contributed by atoms with Crippen molar-refractivity contribution in [1.29, 1.82) is 0 Å². The van der Waals surface area contributed by atoms with E-state index in [1.165, 1.54) is 0 Å². The fourth-order valence-electron chi connectivity index (χ4n) is 1.61. The van der Waals surface area contributed by atoms with Gasteiger partial charge in [-0.05, 0) is 37.6 Å². The van der Waals surface area contributed by atoms with E-state index < -0.39 is 0 Å². The number of nitrogens with one attached hydrogen (secondary N) is 1. The first-order valence-electron chi connectivity index (χ1n) is 6.50. The van der Waals surface area contributed by atoms with Crippen molar-refractivity contribution in [3.63, 3.8) is 0 Å². The van der Waals surface area contributed by atoms with Crippen LogP contribution in [0.3, 0.4) is 0 Å². The van der Waals surface area contributed by atoms with E-state index in [0.717, 1.165) is 12.0 Å². The van der Waals surface area contributed by atoms with Gasteiger partial charge in [0.2, 0.25) is 0 Å². The number of hydrogen-bond donors (Lipinski definition) is 2. The zero-order valence-corrected chi connectivity index (χ0v) is 11.6. The Morgan fingerprint density at radius 3 is 2.85 bits per heavy atom. The normalized spacial score (nSPS) is 9.65. The van der Waals surface area contributed by atoms with E-state index in [9.17, 15) is 4.79 Å². The molecular formula is C15H20N2O3. The Morgan fingerprint density at radius 2 is 2.20 bits per heavy atom. The number of rotatable bonds is 8. The van der Waals surface area contributed by atoms with E-state index in [-0.39, 0.29) is 19.1 Å². The van der Waals surface area contributed by atoms with Crippen LogP contribution in [-0.4, -0.2) is 32.2 Å². The van der Waals surface area contributed by atoms with Gasteiger partial charge in [-0.15, -0.1) is 6.42 Å². The highest BCUT2D eigenvalue weighted by Gasteiger charge is 2.08. The smallest absolute Gasteiger partial charge is 0.258 e. The number of carbonyl (C=O) groups excluding carboxylic acids is 1. The summed E-state index contributed by atoms with van der Waals surface area (Å²) in [6, 6.07) is 5.57. The lowest BCUT2D eigenvalue weighted by Crippen LogP contribution is -2.29. The molecule has 0 bridgehead atoms. The zero-order valence-electron chi connectivity index (χ0n) is 11.6. The molecule has 0 aromatic heterocycles. The zero-order chi connectivity index (χ0) is 14.8. The fraction of sp³-hybridized carbons (Fsp3) is 0.400. The third-order valence-electron chi connectivity index (χ3n) is 2.49. The van der Waals surface area contributed by atoms with Gasteiger partial charge in [-0.3, -0.25) is 4.79 Å². The molecule has 0 atom stereocenters. The third-order valence-corrected chi connectivity index (χ3v) is 2.49. The molecule has 0 aliphatic rings. The summed E-state index contributed by atoms with van der Waals surface area (Å²) in [4.78, 5) is 11.4. The molecule has 108 valence electrons. The number of carbonyl (C=O) groups is 1. The van der Waals surface area contributed by atoms with Gasteiger partial charge >= 0.3 is 0 Å². The molecule has 3 N–H and O–H groups in total. The minimum absolute atomic E-state index is 0.0992. The van der Waals surface area contributed by atoms with Gasteiger partial charge < -0.3 is 20.5 Å². The summed E-state index contributed by atoms with van der Waals surface area (Å²) in [5.74, 6) is 3.20. The van der Waals surface area contributed by atoms with E-state index in [1.54, 1.807) is 6.07 Å². The van der Waals surface area contributed by atoms with Crippen molar-refractivity contribution in [2.24, 2.45) is 5.73 Å². The van der Waals surface area contributed by atoms with Crippen LogP contribution in [-0.2, 0) is 11.2 Å². The van der Waals surface area contributed by atoms with Crippen LogP contribution in [0.1, 0.15) is 12.5 Å².